The van der Waals surface area contributed by atoms with Crippen molar-refractivity contribution in [2.24, 2.45) is 0 Å². The largest absolute Gasteiger partial charge is 0.492 e. The van der Waals surface area contributed by atoms with Crippen LogP contribution in [0.25, 0.3) is 0 Å². The van der Waals surface area contributed by atoms with Gasteiger partial charge in [-0.3, -0.25) is 4.90 Å². The minimum absolute atomic E-state index is 0.292. The molecule has 2 aromatic carbocycles. The van der Waals surface area contributed by atoms with E-state index in [-0.39, 0.29) is 0 Å². The van der Waals surface area contributed by atoms with Crippen LogP contribution in [0, 0.1) is 6.92 Å². The van der Waals surface area contributed by atoms with Gasteiger partial charge in [0, 0.05) is 19.6 Å². The summed E-state index contributed by atoms with van der Waals surface area (Å²) in [5.74, 6) is -0.161. The Morgan fingerprint density at radius 2 is 1.86 bits per heavy atom. The lowest BCUT2D eigenvalue weighted by Gasteiger charge is -2.16. The fourth-order valence-electron chi connectivity index (χ4n) is 2.79. The molecule has 2 aromatic rings. The Kier molecular flexibility index (Phi) is 4.11. The maximum atomic E-state index is 10.9. The Balaban J connectivity index is 1.53. The van der Waals surface area contributed by atoms with Crippen LogP contribution >= 0.6 is 0 Å². The summed E-state index contributed by atoms with van der Waals surface area (Å²) in [4.78, 5) is 13.3. The van der Waals surface area contributed by atoms with E-state index in [1.54, 1.807) is 18.2 Å². The lowest BCUT2D eigenvalue weighted by Crippen LogP contribution is -2.23. The summed E-state index contributed by atoms with van der Waals surface area (Å²) < 4.78 is 5.80. The molecule has 0 saturated heterocycles. The smallest absolute Gasteiger partial charge is 0.335 e. The molecule has 0 atom stereocenters. The van der Waals surface area contributed by atoms with Crippen LogP contribution in [0.2, 0.25) is 0 Å². The highest BCUT2D eigenvalue weighted by atomic mass is 16.5. The molecule has 0 spiro atoms. The van der Waals surface area contributed by atoms with E-state index in [0.29, 0.717) is 12.2 Å². The van der Waals surface area contributed by atoms with Crippen molar-refractivity contribution in [1.29, 1.82) is 0 Å². The SMILES string of the molecule is Cc1cc(C(=O)O)ccc1OCCN1Cc2ccccc2C1. The van der Waals surface area contributed by atoms with E-state index < -0.39 is 5.97 Å². The predicted molar refractivity (Wildman–Crippen MR) is 84.2 cm³/mol. The first-order valence-electron chi connectivity index (χ1n) is 7.39. The quantitative estimate of drug-likeness (QED) is 0.921. The minimum Gasteiger partial charge on any atom is -0.492 e. The summed E-state index contributed by atoms with van der Waals surface area (Å²) in [6.45, 7) is 5.26. The third-order valence-corrected chi connectivity index (χ3v) is 3.99. The van der Waals surface area contributed by atoms with Gasteiger partial charge in [0.15, 0.2) is 0 Å². The van der Waals surface area contributed by atoms with Crippen LogP contribution in [0.5, 0.6) is 5.75 Å². The number of aryl methyl sites for hydroxylation is 1. The Morgan fingerprint density at radius 3 is 2.45 bits per heavy atom. The summed E-state index contributed by atoms with van der Waals surface area (Å²) in [6.07, 6.45) is 0. The van der Waals surface area contributed by atoms with Crippen LogP contribution in [0.15, 0.2) is 42.5 Å². The van der Waals surface area contributed by atoms with Gasteiger partial charge in [0.1, 0.15) is 12.4 Å². The van der Waals surface area contributed by atoms with Crippen molar-refractivity contribution in [1.82, 2.24) is 4.90 Å². The molecule has 1 heterocycles. The highest BCUT2D eigenvalue weighted by Crippen LogP contribution is 2.22. The molecule has 0 saturated carbocycles. The molecule has 4 nitrogen and oxygen atoms in total. The lowest BCUT2D eigenvalue weighted by molar-refractivity contribution is 0.0696. The fraction of sp³-hybridized carbons (Fsp3) is 0.278. The maximum absolute atomic E-state index is 10.9. The topological polar surface area (TPSA) is 49.8 Å². The second-order valence-corrected chi connectivity index (χ2v) is 5.61. The molecule has 1 aliphatic heterocycles. The number of hydrogen-bond donors (Lipinski definition) is 1. The van der Waals surface area contributed by atoms with E-state index in [4.69, 9.17) is 9.84 Å². The van der Waals surface area contributed by atoms with Crippen molar-refractivity contribution in [3.63, 3.8) is 0 Å². The van der Waals surface area contributed by atoms with Gasteiger partial charge in [-0.1, -0.05) is 24.3 Å². The van der Waals surface area contributed by atoms with Gasteiger partial charge in [-0.2, -0.15) is 0 Å². The summed E-state index contributed by atoms with van der Waals surface area (Å²) in [7, 11) is 0. The number of benzene rings is 2. The molecule has 3 rings (SSSR count). The van der Waals surface area contributed by atoms with Crippen molar-refractivity contribution in [3.8, 4) is 5.75 Å². The average Bonchev–Trinajstić information content (AvgIpc) is 2.91. The van der Waals surface area contributed by atoms with Crippen LogP contribution < -0.4 is 4.74 Å². The van der Waals surface area contributed by atoms with Crippen LogP contribution in [0.4, 0.5) is 0 Å². The molecule has 114 valence electrons. The molecular weight excluding hydrogens is 278 g/mol. The van der Waals surface area contributed by atoms with E-state index in [9.17, 15) is 4.79 Å². The average molecular weight is 297 g/mol. The Bertz CT molecular complexity index is 671. The van der Waals surface area contributed by atoms with E-state index in [1.807, 2.05) is 6.92 Å². The van der Waals surface area contributed by atoms with Gasteiger partial charge >= 0.3 is 5.97 Å². The number of hydrogen-bond acceptors (Lipinski definition) is 3. The first-order valence-corrected chi connectivity index (χ1v) is 7.39. The number of rotatable bonds is 5. The number of aromatic carboxylic acids is 1. The van der Waals surface area contributed by atoms with E-state index >= 15 is 0 Å². The van der Waals surface area contributed by atoms with Crippen molar-refractivity contribution >= 4 is 5.97 Å². The molecule has 0 aliphatic carbocycles. The fourth-order valence-corrected chi connectivity index (χ4v) is 2.79. The van der Waals surface area contributed by atoms with Crippen LogP contribution in [-0.4, -0.2) is 29.1 Å². The third-order valence-electron chi connectivity index (χ3n) is 3.99. The minimum atomic E-state index is -0.913. The number of carbonyl (C=O) groups is 1. The Morgan fingerprint density at radius 1 is 1.18 bits per heavy atom. The zero-order valence-electron chi connectivity index (χ0n) is 12.6. The van der Waals surface area contributed by atoms with Gasteiger partial charge in [-0.25, -0.2) is 4.79 Å². The maximum Gasteiger partial charge on any atom is 0.335 e. The van der Waals surface area contributed by atoms with Gasteiger partial charge in [0.05, 0.1) is 5.56 Å². The molecule has 0 radical (unpaired) electrons. The molecule has 0 amide bonds. The normalized spacial score (nSPS) is 13.9. The predicted octanol–water partition coefficient (Wildman–Crippen LogP) is 3.09. The summed E-state index contributed by atoms with van der Waals surface area (Å²) in [6, 6.07) is 13.4. The first-order chi connectivity index (χ1) is 10.6. The number of carboxylic acids is 1. The molecule has 4 heteroatoms. The number of fused-ring (bicyclic) bond motifs is 1. The second-order valence-electron chi connectivity index (χ2n) is 5.61. The van der Waals surface area contributed by atoms with E-state index in [2.05, 4.69) is 29.2 Å². The summed E-state index contributed by atoms with van der Waals surface area (Å²) >= 11 is 0. The zero-order chi connectivity index (χ0) is 15.5. The van der Waals surface area contributed by atoms with Gasteiger partial charge in [0.2, 0.25) is 0 Å². The summed E-state index contributed by atoms with van der Waals surface area (Å²) in [5, 5.41) is 8.96. The number of ether oxygens (including phenoxy) is 1. The molecule has 1 N–H and O–H groups in total. The van der Waals surface area contributed by atoms with Crippen molar-refractivity contribution in [3.05, 3.63) is 64.7 Å². The Hall–Kier alpha value is -2.33. The van der Waals surface area contributed by atoms with Crippen LogP contribution in [-0.2, 0) is 13.1 Å². The van der Waals surface area contributed by atoms with Gasteiger partial charge in [0.25, 0.3) is 0 Å². The number of carboxylic acid groups (broad SMARTS) is 1. The second kappa shape index (κ2) is 6.20. The number of nitrogens with zero attached hydrogens (tertiary/aromatic N) is 1. The molecule has 0 bridgehead atoms. The van der Waals surface area contributed by atoms with Gasteiger partial charge in [-0.05, 0) is 41.8 Å². The third kappa shape index (κ3) is 3.12. The molecule has 0 aromatic heterocycles. The molecule has 1 aliphatic rings. The highest BCUT2D eigenvalue weighted by molar-refractivity contribution is 5.88. The first kappa shape index (κ1) is 14.6. The van der Waals surface area contributed by atoms with Gasteiger partial charge < -0.3 is 9.84 Å². The van der Waals surface area contributed by atoms with Crippen LogP contribution in [0.3, 0.4) is 0 Å². The monoisotopic (exact) mass is 297 g/mol. The van der Waals surface area contributed by atoms with Crippen LogP contribution in [0.1, 0.15) is 27.0 Å². The molecule has 0 fully saturated rings. The molecule has 0 unspecified atom stereocenters. The van der Waals surface area contributed by atoms with E-state index in [0.717, 1.165) is 30.9 Å². The van der Waals surface area contributed by atoms with Crippen molar-refractivity contribution < 1.29 is 14.6 Å². The lowest BCUT2D eigenvalue weighted by atomic mass is 10.1. The van der Waals surface area contributed by atoms with Crippen molar-refractivity contribution in [2.45, 2.75) is 20.0 Å². The Labute approximate surface area is 130 Å². The molecule has 22 heavy (non-hydrogen) atoms. The zero-order valence-corrected chi connectivity index (χ0v) is 12.6. The van der Waals surface area contributed by atoms with Crippen molar-refractivity contribution in [2.75, 3.05) is 13.2 Å². The highest BCUT2D eigenvalue weighted by Gasteiger charge is 2.17. The standard InChI is InChI=1S/C18H19NO3/c1-13-10-14(18(20)21)6-7-17(13)22-9-8-19-11-15-4-2-3-5-16(15)12-19/h2-7,10H,8-9,11-12H2,1H3,(H,20,21). The summed E-state index contributed by atoms with van der Waals surface area (Å²) in [5.41, 5.74) is 3.93. The molecular formula is C18H19NO3. The van der Waals surface area contributed by atoms with E-state index in [1.165, 1.54) is 11.1 Å². The van der Waals surface area contributed by atoms with Gasteiger partial charge in [-0.15, -0.1) is 0 Å².